The van der Waals surface area contributed by atoms with Crippen molar-refractivity contribution in [2.45, 2.75) is 19.3 Å². The van der Waals surface area contributed by atoms with Crippen molar-refractivity contribution in [2.24, 2.45) is 0 Å². The highest BCUT2D eigenvalue weighted by atomic mass is 16.3. The number of rotatable bonds is 8. The Morgan fingerprint density at radius 3 is 2.90 bits per heavy atom. The Hall–Kier alpha value is -2.07. The first-order valence-electron chi connectivity index (χ1n) is 6.69. The number of aliphatic hydroxyl groups is 1. The zero-order chi connectivity index (χ0) is 14.8. The van der Waals surface area contributed by atoms with Gasteiger partial charge in [0.15, 0.2) is 0 Å². The van der Waals surface area contributed by atoms with E-state index < -0.39 is 5.91 Å². The Labute approximate surface area is 118 Å². The molecule has 1 fully saturated rings. The van der Waals surface area contributed by atoms with Crippen LogP contribution in [0.15, 0.2) is 11.8 Å². The molecule has 1 rings (SSSR count). The lowest BCUT2D eigenvalue weighted by atomic mass is 10.3. The first-order valence-corrected chi connectivity index (χ1v) is 6.69. The van der Waals surface area contributed by atoms with Gasteiger partial charge in [-0.2, -0.15) is 5.26 Å². The van der Waals surface area contributed by atoms with E-state index in [4.69, 9.17) is 10.4 Å². The predicted octanol–water partition coefficient (Wildman–Crippen LogP) is -0.896. The van der Waals surface area contributed by atoms with E-state index in [0.29, 0.717) is 25.9 Å². The SMILES string of the molecule is N#C/C(=C/NCCO)C(=O)NCCCN1CCCC1=O. The Morgan fingerprint density at radius 1 is 1.50 bits per heavy atom. The molecule has 0 unspecified atom stereocenters. The van der Waals surface area contributed by atoms with Gasteiger partial charge in [-0.05, 0) is 12.8 Å². The summed E-state index contributed by atoms with van der Waals surface area (Å²) in [6.07, 6.45) is 3.48. The highest BCUT2D eigenvalue weighted by Crippen LogP contribution is 2.09. The van der Waals surface area contributed by atoms with E-state index in [1.54, 1.807) is 11.0 Å². The fourth-order valence-corrected chi connectivity index (χ4v) is 1.89. The van der Waals surface area contributed by atoms with E-state index in [9.17, 15) is 9.59 Å². The van der Waals surface area contributed by atoms with Crippen molar-refractivity contribution in [3.05, 3.63) is 11.8 Å². The van der Waals surface area contributed by atoms with Gasteiger partial charge in [0, 0.05) is 38.8 Å². The average molecular weight is 280 g/mol. The number of nitrogens with zero attached hydrogens (tertiary/aromatic N) is 2. The van der Waals surface area contributed by atoms with Crippen LogP contribution in [0.4, 0.5) is 0 Å². The molecular formula is C13H20N4O3. The number of aliphatic hydroxyl groups excluding tert-OH is 1. The average Bonchev–Trinajstić information content (AvgIpc) is 2.85. The smallest absolute Gasteiger partial charge is 0.263 e. The molecule has 0 bridgehead atoms. The summed E-state index contributed by atoms with van der Waals surface area (Å²) >= 11 is 0. The fraction of sp³-hybridized carbons (Fsp3) is 0.615. The molecule has 0 atom stereocenters. The highest BCUT2D eigenvalue weighted by molar-refractivity contribution is 5.97. The van der Waals surface area contributed by atoms with Gasteiger partial charge in [0.1, 0.15) is 11.6 Å². The Bertz CT molecular complexity index is 414. The lowest BCUT2D eigenvalue weighted by Crippen LogP contribution is -2.31. The van der Waals surface area contributed by atoms with Crippen LogP contribution in [0.25, 0.3) is 0 Å². The Balaban J connectivity index is 2.23. The lowest BCUT2D eigenvalue weighted by molar-refractivity contribution is -0.127. The van der Waals surface area contributed by atoms with Crippen LogP contribution in [-0.4, -0.2) is 54.6 Å². The minimum Gasteiger partial charge on any atom is -0.395 e. The quantitative estimate of drug-likeness (QED) is 0.304. The van der Waals surface area contributed by atoms with Gasteiger partial charge in [-0.1, -0.05) is 0 Å². The maximum atomic E-state index is 11.6. The normalized spacial score (nSPS) is 15.1. The van der Waals surface area contributed by atoms with Crippen LogP contribution in [0, 0.1) is 11.3 Å². The summed E-state index contributed by atoms with van der Waals surface area (Å²) in [5.41, 5.74) is -0.0318. The minimum absolute atomic E-state index is 0.0318. The van der Waals surface area contributed by atoms with Gasteiger partial charge in [0.05, 0.1) is 6.61 Å². The maximum absolute atomic E-state index is 11.6. The van der Waals surface area contributed by atoms with Crippen LogP contribution in [0.2, 0.25) is 0 Å². The van der Waals surface area contributed by atoms with Gasteiger partial charge in [-0.15, -0.1) is 0 Å². The molecule has 0 radical (unpaired) electrons. The molecule has 2 amide bonds. The van der Waals surface area contributed by atoms with Crippen LogP contribution in [0.1, 0.15) is 19.3 Å². The molecule has 0 aromatic heterocycles. The van der Waals surface area contributed by atoms with E-state index >= 15 is 0 Å². The summed E-state index contributed by atoms with van der Waals surface area (Å²) in [6.45, 7) is 2.06. The van der Waals surface area contributed by atoms with Gasteiger partial charge in [-0.3, -0.25) is 9.59 Å². The molecule has 0 aromatic rings. The molecule has 1 aliphatic rings. The number of amides is 2. The molecule has 0 aliphatic carbocycles. The van der Waals surface area contributed by atoms with Crippen LogP contribution in [0.5, 0.6) is 0 Å². The second kappa shape index (κ2) is 8.93. The van der Waals surface area contributed by atoms with E-state index in [1.807, 2.05) is 0 Å². The topological polar surface area (TPSA) is 105 Å². The molecule has 3 N–H and O–H groups in total. The predicted molar refractivity (Wildman–Crippen MR) is 72.2 cm³/mol. The van der Waals surface area contributed by atoms with E-state index in [2.05, 4.69) is 10.6 Å². The third kappa shape index (κ3) is 5.28. The van der Waals surface area contributed by atoms with Crippen LogP contribution < -0.4 is 10.6 Å². The number of nitriles is 1. The van der Waals surface area contributed by atoms with Gasteiger partial charge < -0.3 is 20.6 Å². The molecule has 0 saturated carbocycles. The van der Waals surface area contributed by atoms with Crippen LogP contribution in [0.3, 0.4) is 0 Å². The number of carbonyl (C=O) groups is 2. The first-order chi connectivity index (χ1) is 9.69. The standard InChI is InChI=1S/C13H20N4O3/c14-9-11(10-15-5-8-18)13(20)16-4-2-7-17-6-1-3-12(17)19/h10,15,18H,1-8H2,(H,16,20)/b11-10-. The van der Waals surface area contributed by atoms with Crippen LogP contribution in [-0.2, 0) is 9.59 Å². The summed E-state index contributed by atoms with van der Waals surface area (Å²) in [5.74, 6) is -0.284. The third-order valence-corrected chi connectivity index (χ3v) is 2.93. The van der Waals surface area contributed by atoms with Crippen LogP contribution >= 0.6 is 0 Å². The third-order valence-electron chi connectivity index (χ3n) is 2.93. The highest BCUT2D eigenvalue weighted by Gasteiger charge is 2.19. The van der Waals surface area contributed by atoms with Crippen molar-refractivity contribution in [1.82, 2.24) is 15.5 Å². The van der Waals surface area contributed by atoms with E-state index in [0.717, 1.165) is 13.0 Å². The number of likely N-dealkylation sites (tertiary alicyclic amines) is 1. The molecule has 7 heteroatoms. The molecule has 110 valence electrons. The Kier molecular flexibility index (Phi) is 7.14. The Morgan fingerprint density at radius 2 is 2.30 bits per heavy atom. The number of hydrogen-bond donors (Lipinski definition) is 3. The van der Waals surface area contributed by atoms with Crippen molar-refractivity contribution in [3.8, 4) is 6.07 Å². The first kappa shape index (κ1) is 16.0. The van der Waals surface area contributed by atoms with Crippen molar-refractivity contribution >= 4 is 11.8 Å². The molecular weight excluding hydrogens is 260 g/mol. The van der Waals surface area contributed by atoms with E-state index in [-0.39, 0.29) is 24.6 Å². The maximum Gasteiger partial charge on any atom is 0.263 e. The van der Waals surface area contributed by atoms with Crippen molar-refractivity contribution in [3.63, 3.8) is 0 Å². The largest absolute Gasteiger partial charge is 0.395 e. The van der Waals surface area contributed by atoms with Crippen molar-refractivity contribution < 1.29 is 14.7 Å². The van der Waals surface area contributed by atoms with Gasteiger partial charge in [0.25, 0.3) is 5.91 Å². The fourth-order valence-electron chi connectivity index (χ4n) is 1.89. The zero-order valence-corrected chi connectivity index (χ0v) is 11.4. The second-order valence-electron chi connectivity index (χ2n) is 4.44. The summed E-state index contributed by atoms with van der Waals surface area (Å²) < 4.78 is 0. The van der Waals surface area contributed by atoms with Gasteiger partial charge >= 0.3 is 0 Å². The number of hydrogen-bond acceptors (Lipinski definition) is 5. The minimum atomic E-state index is -0.453. The molecule has 7 nitrogen and oxygen atoms in total. The molecule has 0 spiro atoms. The molecule has 0 aromatic carbocycles. The van der Waals surface area contributed by atoms with Crippen molar-refractivity contribution in [2.75, 3.05) is 32.8 Å². The monoisotopic (exact) mass is 280 g/mol. The summed E-state index contributed by atoms with van der Waals surface area (Å²) in [6, 6.07) is 1.79. The molecule has 1 heterocycles. The molecule has 20 heavy (non-hydrogen) atoms. The molecule has 1 saturated heterocycles. The number of nitrogens with one attached hydrogen (secondary N) is 2. The lowest BCUT2D eigenvalue weighted by Gasteiger charge is -2.15. The molecule has 1 aliphatic heterocycles. The van der Waals surface area contributed by atoms with Gasteiger partial charge in [-0.25, -0.2) is 0 Å². The van der Waals surface area contributed by atoms with Crippen molar-refractivity contribution in [1.29, 1.82) is 5.26 Å². The second-order valence-corrected chi connectivity index (χ2v) is 4.44. The van der Waals surface area contributed by atoms with Gasteiger partial charge in [0.2, 0.25) is 5.91 Å². The number of carbonyl (C=O) groups excluding carboxylic acids is 2. The summed E-state index contributed by atoms with van der Waals surface area (Å²) in [7, 11) is 0. The van der Waals surface area contributed by atoms with E-state index in [1.165, 1.54) is 6.20 Å². The summed E-state index contributed by atoms with van der Waals surface area (Å²) in [4.78, 5) is 24.8. The summed E-state index contributed by atoms with van der Waals surface area (Å²) in [5, 5.41) is 22.7. The zero-order valence-electron chi connectivity index (χ0n) is 11.4.